The molecule has 4 heteroatoms. The van der Waals surface area contributed by atoms with Crippen LogP contribution in [0.15, 0.2) is 48.7 Å². The van der Waals surface area contributed by atoms with Crippen LogP contribution in [0.2, 0.25) is 0 Å². The summed E-state index contributed by atoms with van der Waals surface area (Å²) in [5, 5.41) is 0. The number of hydrogen-bond acceptors (Lipinski definition) is 2. The maximum atomic E-state index is 12.7. The zero-order chi connectivity index (χ0) is 15.1. The second kappa shape index (κ2) is 7.64. The molecule has 112 valence electrons. The van der Waals surface area contributed by atoms with Gasteiger partial charge in [0.15, 0.2) is 0 Å². The molecule has 0 aliphatic rings. The molecule has 2 N–H and O–H groups in total. The number of benzene rings is 1. The summed E-state index contributed by atoms with van der Waals surface area (Å²) in [6.07, 6.45) is 2.96. The number of carbonyl (C=O) groups is 1. The monoisotopic (exact) mass is 285 g/mol. The van der Waals surface area contributed by atoms with Gasteiger partial charge in [0.1, 0.15) is 5.69 Å². The van der Waals surface area contributed by atoms with E-state index < -0.39 is 0 Å². The van der Waals surface area contributed by atoms with Crippen LogP contribution in [0.4, 0.5) is 0 Å². The lowest BCUT2D eigenvalue weighted by Crippen LogP contribution is -2.36. The highest BCUT2D eigenvalue weighted by Gasteiger charge is 2.18. The normalized spacial score (nSPS) is 10.6. The van der Waals surface area contributed by atoms with Crippen molar-refractivity contribution >= 4 is 5.91 Å². The maximum Gasteiger partial charge on any atom is 0.270 e. The SMILES string of the molecule is CCCn1cccc1C(=O)N(CCN)Cc1ccccc1. The van der Waals surface area contributed by atoms with Crippen molar-refractivity contribution in [2.24, 2.45) is 5.73 Å². The van der Waals surface area contributed by atoms with Gasteiger partial charge in [-0.1, -0.05) is 37.3 Å². The Labute approximate surface area is 126 Å². The van der Waals surface area contributed by atoms with Crippen LogP contribution in [0.25, 0.3) is 0 Å². The number of carbonyl (C=O) groups excluding carboxylic acids is 1. The van der Waals surface area contributed by atoms with Gasteiger partial charge in [0, 0.05) is 32.4 Å². The van der Waals surface area contributed by atoms with Crippen LogP contribution in [-0.4, -0.2) is 28.5 Å². The van der Waals surface area contributed by atoms with Crippen LogP contribution in [0.1, 0.15) is 29.4 Å². The van der Waals surface area contributed by atoms with Crippen molar-refractivity contribution in [1.82, 2.24) is 9.47 Å². The minimum Gasteiger partial charge on any atom is -0.344 e. The molecule has 0 spiro atoms. The Morgan fingerprint density at radius 2 is 1.95 bits per heavy atom. The fourth-order valence-electron chi connectivity index (χ4n) is 2.42. The Morgan fingerprint density at radius 1 is 1.19 bits per heavy atom. The summed E-state index contributed by atoms with van der Waals surface area (Å²) in [6.45, 7) is 4.58. The number of rotatable bonds is 7. The molecule has 2 rings (SSSR count). The summed E-state index contributed by atoms with van der Waals surface area (Å²) in [6, 6.07) is 13.8. The number of aromatic nitrogens is 1. The van der Waals surface area contributed by atoms with Crippen LogP contribution < -0.4 is 5.73 Å². The summed E-state index contributed by atoms with van der Waals surface area (Å²) in [5.41, 5.74) is 7.53. The first-order valence-corrected chi connectivity index (χ1v) is 7.44. The molecule has 4 nitrogen and oxygen atoms in total. The lowest BCUT2D eigenvalue weighted by Gasteiger charge is -2.23. The van der Waals surface area contributed by atoms with E-state index in [0.717, 1.165) is 24.2 Å². The van der Waals surface area contributed by atoms with Gasteiger partial charge in [0.05, 0.1) is 0 Å². The summed E-state index contributed by atoms with van der Waals surface area (Å²) >= 11 is 0. The van der Waals surface area contributed by atoms with E-state index in [1.807, 2.05) is 58.1 Å². The van der Waals surface area contributed by atoms with Gasteiger partial charge < -0.3 is 15.2 Å². The van der Waals surface area contributed by atoms with E-state index in [-0.39, 0.29) is 5.91 Å². The van der Waals surface area contributed by atoms with Crippen molar-refractivity contribution in [2.45, 2.75) is 26.4 Å². The van der Waals surface area contributed by atoms with Gasteiger partial charge in [-0.25, -0.2) is 0 Å². The molecule has 1 heterocycles. The fourth-order valence-corrected chi connectivity index (χ4v) is 2.42. The molecule has 21 heavy (non-hydrogen) atoms. The third kappa shape index (κ3) is 3.95. The summed E-state index contributed by atoms with van der Waals surface area (Å²) in [7, 11) is 0. The average Bonchev–Trinajstić information content (AvgIpc) is 2.96. The molecular formula is C17H23N3O. The van der Waals surface area contributed by atoms with E-state index in [1.54, 1.807) is 0 Å². The van der Waals surface area contributed by atoms with E-state index in [0.29, 0.717) is 19.6 Å². The van der Waals surface area contributed by atoms with Crippen molar-refractivity contribution in [3.05, 3.63) is 59.9 Å². The fraction of sp³-hybridized carbons (Fsp3) is 0.353. The molecule has 1 aromatic carbocycles. The molecule has 0 fully saturated rings. The van der Waals surface area contributed by atoms with Crippen LogP contribution in [-0.2, 0) is 13.1 Å². The second-order valence-electron chi connectivity index (χ2n) is 5.09. The zero-order valence-electron chi connectivity index (χ0n) is 12.5. The molecular weight excluding hydrogens is 262 g/mol. The first kappa shape index (κ1) is 15.3. The average molecular weight is 285 g/mol. The highest BCUT2D eigenvalue weighted by atomic mass is 16.2. The van der Waals surface area contributed by atoms with Gasteiger partial charge in [0.25, 0.3) is 5.91 Å². The minimum atomic E-state index is 0.0442. The molecule has 0 saturated carbocycles. The Hall–Kier alpha value is -2.07. The number of amides is 1. The zero-order valence-corrected chi connectivity index (χ0v) is 12.5. The predicted molar refractivity (Wildman–Crippen MR) is 85.0 cm³/mol. The lowest BCUT2D eigenvalue weighted by molar-refractivity contribution is 0.0737. The largest absolute Gasteiger partial charge is 0.344 e. The van der Waals surface area contributed by atoms with E-state index in [4.69, 9.17) is 5.73 Å². The first-order chi connectivity index (χ1) is 10.3. The van der Waals surface area contributed by atoms with E-state index in [2.05, 4.69) is 6.92 Å². The van der Waals surface area contributed by atoms with Gasteiger partial charge in [-0.3, -0.25) is 4.79 Å². The number of nitrogens with two attached hydrogens (primary N) is 1. The molecule has 0 aliphatic carbocycles. The standard InChI is InChI=1S/C17H23N3O/c1-2-11-19-12-6-9-16(19)17(21)20(13-10-18)14-15-7-4-3-5-8-15/h3-9,12H,2,10-11,13-14,18H2,1H3. The number of aryl methyl sites for hydroxylation is 1. The molecule has 0 radical (unpaired) electrons. The van der Waals surface area contributed by atoms with Crippen LogP contribution in [0.3, 0.4) is 0 Å². The molecule has 1 aromatic heterocycles. The van der Waals surface area contributed by atoms with Crippen molar-refractivity contribution in [3.8, 4) is 0 Å². The number of nitrogens with zero attached hydrogens (tertiary/aromatic N) is 2. The van der Waals surface area contributed by atoms with E-state index in [1.165, 1.54) is 0 Å². The molecule has 2 aromatic rings. The van der Waals surface area contributed by atoms with E-state index in [9.17, 15) is 4.79 Å². The van der Waals surface area contributed by atoms with Gasteiger partial charge in [-0.15, -0.1) is 0 Å². The second-order valence-corrected chi connectivity index (χ2v) is 5.09. The molecule has 0 saturated heterocycles. The Balaban J connectivity index is 2.17. The third-order valence-corrected chi connectivity index (χ3v) is 3.42. The van der Waals surface area contributed by atoms with Gasteiger partial charge >= 0.3 is 0 Å². The van der Waals surface area contributed by atoms with Gasteiger partial charge in [0.2, 0.25) is 0 Å². The Kier molecular flexibility index (Phi) is 5.58. The van der Waals surface area contributed by atoms with E-state index >= 15 is 0 Å². The van der Waals surface area contributed by atoms with Crippen LogP contribution in [0.5, 0.6) is 0 Å². The lowest BCUT2D eigenvalue weighted by atomic mass is 10.2. The molecule has 1 amide bonds. The quantitative estimate of drug-likeness (QED) is 0.849. The van der Waals surface area contributed by atoms with Gasteiger partial charge in [-0.05, 0) is 24.1 Å². The summed E-state index contributed by atoms with van der Waals surface area (Å²) in [4.78, 5) is 14.6. The number of hydrogen-bond donors (Lipinski definition) is 1. The molecule has 0 bridgehead atoms. The van der Waals surface area contributed by atoms with Crippen molar-refractivity contribution < 1.29 is 4.79 Å². The summed E-state index contributed by atoms with van der Waals surface area (Å²) < 4.78 is 2.01. The van der Waals surface area contributed by atoms with Crippen LogP contribution >= 0.6 is 0 Å². The minimum absolute atomic E-state index is 0.0442. The Bertz CT molecular complexity index is 562. The smallest absolute Gasteiger partial charge is 0.270 e. The highest BCUT2D eigenvalue weighted by molar-refractivity contribution is 5.92. The predicted octanol–water partition coefficient (Wildman–Crippen LogP) is 2.50. The molecule has 0 aliphatic heterocycles. The molecule has 0 unspecified atom stereocenters. The molecule has 0 atom stereocenters. The first-order valence-electron chi connectivity index (χ1n) is 7.44. The Morgan fingerprint density at radius 3 is 2.62 bits per heavy atom. The third-order valence-electron chi connectivity index (χ3n) is 3.42. The topological polar surface area (TPSA) is 51.3 Å². The van der Waals surface area contributed by atoms with Crippen molar-refractivity contribution in [2.75, 3.05) is 13.1 Å². The highest BCUT2D eigenvalue weighted by Crippen LogP contribution is 2.11. The maximum absolute atomic E-state index is 12.7. The van der Waals surface area contributed by atoms with Gasteiger partial charge in [-0.2, -0.15) is 0 Å². The summed E-state index contributed by atoms with van der Waals surface area (Å²) in [5.74, 6) is 0.0442. The van der Waals surface area contributed by atoms with Crippen LogP contribution in [0, 0.1) is 0 Å². The van der Waals surface area contributed by atoms with Crippen molar-refractivity contribution in [1.29, 1.82) is 0 Å². The van der Waals surface area contributed by atoms with Crippen molar-refractivity contribution in [3.63, 3.8) is 0 Å².